The summed E-state index contributed by atoms with van der Waals surface area (Å²) in [5.74, 6) is 1.59. The number of pyridine rings is 1. The van der Waals surface area contributed by atoms with E-state index in [1.165, 1.54) is 24.4 Å². The number of ether oxygens (including phenoxy) is 1. The number of benzene rings is 1. The molecular formula is C16H14ClFN2O2S. The number of anilines is 1. The van der Waals surface area contributed by atoms with Crippen molar-refractivity contribution in [2.75, 3.05) is 16.8 Å². The molecule has 1 saturated heterocycles. The third-order valence-electron chi connectivity index (χ3n) is 3.35. The highest BCUT2D eigenvalue weighted by atomic mass is 35.5. The number of halogens is 2. The van der Waals surface area contributed by atoms with Crippen molar-refractivity contribution < 1.29 is 13.9 Å². The number of hydrogen-bond acceptors (Lipinski definition) is 4. The van der Waals surface area contributed by atoms with Crippen molar-refractivity contribution in [1.82, 2.24) is 4.98 Å². The lowest BCUT2D eigenvalue weighted by atomic mass is 10.2. The molecule has 0 aliphatic carbocycles. The summed E-state index contributed by atoms with van der Waals surface area (Å²) in [6, 6.07) is 7.22. The molecule has 1 atom stereocenters. The van der Waals surface area contributed by atoms with Crippen molar-refractivity contribution in [1.29, 1.82) is 0 Å². The van der Waals surface area contributed by atoms with Crippen LogP contribution in [-0.2, 0) is 0 Å². The molecule has 1 amide bonds. The summed E-state index contributed by atoms with van der Waals surface area (Å²) in [5.41, 5.74) is 0.842. The molecule has 2 aromatic rings. The molecular weight excluding hydrogens is 339 g/mol. The van der Waals surface area contributed by atoms with Crippen LogP contribution in [0, 0.1) is 5.82 Å². The second-order valence-corrected chi connectivity index (χ2v) is 6.63. The maximum absolute atomic E-state index is 13.1. The normalized spacial score (nSPS) is 17.0. The minimum Gasteiger partial charge on any atom is -0.473 e. The molecule has 0 saturated carbocycles. The lowest BCUT2D eigenvalue weighted by Crippen LogP contribution is -2.17. The van der Waals surface area contributed by atoms with Crippen molar-refractivity contribution in [2.24, 2.45) is 0 Å². The summed E-state index contributed by atoms with van der Waals surface area (Å²) >= 11 is 7.55. The Morgan fingerprint density at radius 3 is 3.00 bits per heavy atom. The Morgan fingerprint density at radius 2 is 2.26 bits per heavy atom. The van der Waals surface area contributed by atoms with Crippen LogP contribution in [0.25, 0.3) is 0 Å². The van der Waals surface area contributed by atoms with E-state index in [0.717, 1.165) is 17.9 Å². The number of aromatic nitrogens is 1. The number of carbonyl (C=O) groups excluding carboxylic acids is 1. The van der Waals surface area contributed by atoms with E-state index in [0.29, 0.717) is 17.1 Å². The third-order valence-corrected chi connectivity index (χ3v) is 4.77. The predicted octanol–water partition coefficient (Wildman–Crippen LogP) is 4.01. The molecule has 1 fully saturated rings. The fraction of sp³-hybridized carbons (Fsp3) is 0.250. The standard InChI is InChI=1S/C16H14ClFN2O2S/c17-13-8-11(1-2-14(13)18)20-16(21)10-3-5-19-15(7-10)22-12-4-6-23-9-12/h1-3,5,7-8,12H,4,6,9H2,(H,20,21). The van der Waals surface area contributed by atoms with Gasteiger partial charge in [0.2, 0.25) is 5.88 Å². The molecule has 0 bridgehead atoms. The van der Waals surface area contributed by atoms with Crippen molar-refractivity contribution in [3.05, 3.63) is 52.9 Å². The van der Waals surface area contributed by atoms with E-state index in [-0.39, 0.29) is 17.0 Å². The Kier molecular flexibility index (Phi) is 5.03. The predicted molar refractivity (Wildman–Crippen MR) is 90.0 cm³/mol. The lowest BCUT2D eigenvalue weighted by Gasteiger charge is -2.12. The molecule has 1 aliphatic rings. The Balaban J connectivity index is 1.70. The molecule has 1 aromatic carbocycles. The monoisotopic (exact) mass is 352 g/mol. The highest BCUT2D eigenvalue weighted by Gasteiger charge is 2.18. The summed E-state index contributed by atoms with van der Waals surface area (Å²) < 4.78 is 18.9. The van der Waals surface area contributed by atoms with Crippen LogP contribution in [-0.4, -0.2) is 28.5 Å². The van der Waals surface area contributed by atoms with E-state index in [2.05, 4.69) is 10.3 Å². The first-order valence-electron chi connectivity index (χ1n) is 7.08. The Morgan fingerprint density at radius 1 is 1.39 bits per heavy atom. The van der Waals surface area contributed by atoms with Gasteiger partial charge in [-0.15, -0.1) is 0 Å². The van der Waals surface area contributed by atoms with E-state index in [1.807, 2.05) is 11.8 Å². The maximum Gasteiger partial charge on any atom is 0.255 e. The Hall–Kier alpha value is -1.79. The van der Waals surface area contributed by atoms with Gasteiger partial charge in [0, 0.05) is 29.3 Å². The zero-order chi connectivity index (χ0) is 16.2. The van der Waals surface area contributed by atoms with Crippen LogP contribution in [0.4, 0.5) is 10.1 Å². The summed E-state index contributed by atoms with van der Waals surface area (Å²) in [7, 11) is 0. The first-order chi connectivity index (χ1) is 11.1. The second-order valence-electron chi connectivity index (χ2n) is 5.07. The zero-order valence-electron chi connectivity index (χ0n) is 12.1. The van der Waals surface area contributed by atoms with Crippen LogP contribution in [0.15, 0.2) is 36.5 Å². The van der Waals surface area contributed by atoms with Crippen LogP contribution in [0.3, 0.4) is 0 Å². The van der Waals surface area contributed by atoms with Gasteiger partial charge in [-0.05, 0) is 36.4 Å². The van der Waals surface area contributed by atoms with Gasteiger partial charge in [0.15, 0.2) is 0 Å². The van der Waals surface area contributed by atoms with E-state index in [1.54, 1.807) is 12.1 Å². The first-order valence-corrected chi connectivity index (χ1v) is 8.62. The van der Waals surface area contributed by atoms with Gasteiger partial charge in [-0.1, -0.05) is 11.6 Å². The van der Waals surface area contributed by atoms with Gasteiger partial charge in [0.1, 0.15) is 11.9 Å². The van der Waals surface area contributed by atoms with E-state index < -0.39 is 5.82 Å². The number of hydrogen-bond donors (Lipinski definition) is 1. The number of amides is 1. The molecule has 0 radical (unpaired) electrons. The molecule has 0 spiro atoms. The topological polar surface area (TPSA) is 51.2 Å². The molecule has 4 nitrogen and oxygen atoms in total. The number of thioether (sulfide) groups is 1. The molecule has 1 aromatic heterocycles. The smallest absolute Gasteiger partial charge is 0.255 e. The zero-order valence-corrected chi connectivity index (χ0v) is 13.7. The molecule has 2 heterocycles. The minimum absolute atomic E-state index is 0.0414. The summed E-state index contributed by atoms with van der Waals surface area (Å²) in [5, 5.41) is 2.63. The summed E-state index contributed by atoms with van der Waals surface area (Å²) in [6.45, 7) is 0. The molecule has 1 N–H and O–H groups in total. The molecule has 1 aliphatic heterocycles. The van der Waals surface area contributed by atoms with E-state index >= 15 is 0 Å². The molecule has 120 valence electrons. The first kappa shape index (κ1) is 16.1. The van der Waals surface area contributed by atoms with Crippen LogP contribution >= 0.6 is 23.4 Å². The van der Waals surface area contributed by atoms with Crippen LogP contribution < -0.4 is 10.1 Å². The Labute approximate surface area is 142 Å². The highest BCUT2D eigenvalue weighted by Crippen LogP contribution is 2.23. The molecule has 1 unspecified atom stereocenters. The average Bonchev–Trinajstić information content (AvgIpc) is 3.04. The van der Waals surface area contributed by atoms with Gasteiger partial charge in [-0.2, -0.15) is 11.8 Å². The van der Waals surface area contributed by atoms with Crippen molar-refractivity contribution >= 4 is 35.0 Å². The number of rotatable bonds is 4. The van der Waals surface area contributed by atoms with Crippen LogP contribution in [0.1, 0.15) is 16.8 Å². The van der Waals surface area contributed by atoms with Gasteiger partial charge in [0.05, 0.1) is 5.02 Å². The van der Waals surface area contributed by atoms with E-state index in [9.17, 15) is 9.18 Å². The maximum atomic E-state index is 13.1. The van der Waals surface area contributed by atoms with Gasteiger partial charge < -0.3 is 10.1 Å². The molecule has 23 heavy (non-hydrogen) atoms. The largest absolute Gasteiger partial charge is 0.473 e. The quantitative estimate of drug-likeness (QED) is 0.903. The number of carbonyl (C=O) groups is 1. The highest BCUT2D eigenvalue weighted by molar-refractivity contribution is 7.99. The van der Waals surface area contributed by atoms with Crippen molar-refractivity contribution in [2.45, 2.75) is 12.5 Å². The van der Waals surface area contributed by atoms with Gasteiger partial charge in [-0.3, -0.25) is 4.79 Å². The second kappa shape index (κ2) is 7.19. The van der Waals surface area contributed by atoms with Crippen LogP contribution in [0.2, 0.25) is 5.02 Å². The third kappa shape index (κ3) is 4.14. The van der Waals surface area contributed by atoms with Gasteiger partial charge in [-0.25, -0.2) is 9.37 Å². The van der Waals surface area contributed by atoms with Crippen molar-refractivity contribution in [3.8, 4) is 5.88 Å². The minimum atomic E-state index is -0.529. The fourth-order valence-electron chi connectivity index (χ4n) is 2.17. The van der Waals surface area contributed by atoms with E-state index in [4.69, 9.17) is 16.3 Å². The summed E-state index contributed by atoms with van der Waals surface area (Å²) in [6.07, 6.45) is 2.66. The van der Waals surface area contributed by atoms with Crippen LogP contribution in [0.5, 0.6) is 5.88 Å². The number of nitrogens with one attached hydrogen (secondary N) is 1. The van der Waals surface area contributed by atoms with Crippen molar-refractivity contribution in [3.63, 3.8) is 0 Å². The number of nitrogens with zero attached hydrogens (tertiary/aromatic N) is 1. The average molecular weight is 353 g/mol. The van der Waals surface area contributed by atoms with Gasteiger partial charge in [0.25, 0.3) is 5.91 Å². The molecule has 3 rings (SSSR count). The Bertz CT molecular complexity index is 723. The summed E-state index contributed by atoms with van der Waals surface area (Å²) in [4.78, 5) is 16.4. The fourth-order valence-corrected chi connectivity index (χ4v) is 3.44. The lowest BCUT2D eigenvalue weighted by molar-refractivity contribution is 0.102. The SMILES string of the molecule is O=C(Nc1ccc(F)c(Cl)c1)c1ccnc(OC2CCSC2)c1. The molecule has 7 heteroatoms. The van der Waals surface area contributed by atoms with Gasteiger partial charge >= 0.3 is 0 Å².